The first-order valence-electron chi connectivity index (χ1n) is 8.31. The van der Waals surface area contributed by atoms with E-state index in [-0.39, 0.29) is 37.0 Å². The molecule has 2 N–H and O–H groups in total. The van der Waals surface area contributed by atoms with Crippen molar-refractivity contribution >= 4 is 17.7 Å². The Kier molecular flexibility index (Phi) is 4.59. The molecule has 4 rings (SSSR count). The Balaban J connectivity index is 1.32. The van der Waals surface area contributed by atoms with Crippen LogP contribution < -0.4 is 10.6 Å². The van der Waals surface area contributed by atoms with Gasteiger partial charge in [0.2, 0.25) is 0 Å². The molecular weight excluding hydrogens is 340 g/mol. The number of rotatable bonds is 4. The Morgan fingerprint density at radius 2 is 1.81 bits per heavy atom. The normalized spacial score (nSPS) is 26.9. The van der Waals surface area contributed by atoms with Gasteiger partial charge in [-0.3, -0.25) is 10.1 Å². The summed E-state index contributed by atoms with van der Waals surface area (Å²) in [7, 11) is 0. The highest BCUT2D eigenvalue weighted by molar-refractivity contribution is 5.91. The molecule has 2 fully saturated rings. The van der Waals surface area contributed by atoms with Crippen molar-refractivity contribution < 1.29 is 28.2 Å². The first-order chi connectivity index (χ1) is 12.7. The van der Waals surface area contributed by atoms with Crippen LogP contribution >= 0.6 is 0 Å². The fourth-order valence-corrected chi connectivity index (χ4v) is 3.14. The monoisotopic (exact) mass is 358 g/mol. The third-order valence-corrected chi connectivity index (χ3v) is 4.35. The molecule has 2 amide bonds. The molecule has 3 heterocycles. The lowest BCUT2D eigenvalue weighted by Crippen LogP contribution is -2.44. The Bertz CT molecular complexity index is 763. The molecule has 2 aromatic rings. The highest BCUT2D eigenvalue weighted by Gasteiger charge is 2.50. The Hall–Kier alpha value is -2.84. The summed E-state index contributed by atoms with van der Waals surface area (Å²) < 4.78 is 21.9. The maximum Gasteiger partial charge on any atom is 0.412 e. The van der Waals surface area contributed by atoms with Crippen molar-refractivity contribution in [2.75, 3.05) is 18.5 Å². The molecule has 1 aromatic carbocycles. The summed E-state index contributed by atoms with van der Waals surface area (Å²) in [6, 6.07) is 11.9. The lowest BCUT2D eigenvalue weighted by Gasteiger charge is -2.17. The first-order valence-corrected chi connectivity index (χ1v) is 8.31. The van der Waals surface area contributed by atoms with Gasteiger partial charge in [-0.2, -0.15) is 0 Å². The average Bonchev–Trinajstić information content (AvgIpc) is 3.36. The van der Waals surface area contributed by atoms with Crippen LogP contribution in [0, 0.1) is 0 Å². The summed E-state index contributed by atoms with van der Waals surface area (Å²) in [5, 5.41) is 5.48. The van der Waals surface area contributed by atoms with Crippen LogP contribution in [0.3, 0.4) is 0 Å². The van der Waals surface area contributed by atoms with E-state index in [1.54, 1.807) is 24.3 Å². The zero-order valence-electron chi connectivity index (χ0n) is 13.8. The fraction of sp³-hybridized carbons (Fsp3) is 0.333. The summed E-state index contributed by atoms with van der Waals surface area (Å²) in [6.07, 6.45) is -0.460. The second kappa shape index (κ2) is 7.19. The minimum Gasteiger partial charge on any atom is -0.459 e. The van der Waals surface area contributed by atoms with Crippen LogP contribution in [0.2, 0.25) is 0 Å². The smallest absolute Gasteiger partial charge is 0.412 e. The van der Waals surface area contributed by atoms with Gasteiger partial charge >= 0.3 is 6.09 Å². The molecule has 2 aliphatic heterocycles. The third kappa shape index (κ3) is 3.42. The number of benzene rings is 1. The van der Waals surface area contributed by atoms with E-state index in [1.165, 1.54) is 6.26 Å². The van der Waals surface area contributed by atoms with E-state index in [1.807, 2.05) is 18.2 Å². The van der Waals surface area contributed by atoms with Gasteiger partial charge in [-0.1, -0.05) is 18.2 Å². The highest BCUT2D eigenvalue weighted by Crippen LogP contribution is 2.29. The highest BCUT2D eigenvalue weighted by atomic mass is 16.6. The zero-order chi connectivity index (χ0) is 17.9. The van der Waals surface area contributed by atoms with Crippen LogP contribution in [0.15, 0.2) is 53.1 Å². The number of hydrogen-bond donors (Lipinski definition) is 2. The molecule has 136 valence electrons. The molecule has 0 spiro atoms. The van der Waals surface area contributed by atoms with E-state index in [0.717, 1.165) is 0 Å². The SMILES string of the molecule is O=C(Nc1ccccc1)O[C@H]1CO[C@@H]2[C@@H]1OC[C@@H]2NC(=O)c1ccco1. The number of ether oxygens (including phenoxy) is 3. The molecule has 0 aliphatic carbocycles. The minimum atomic E-state index is -0.572. The third-order valence-electron chi connectivity index (χ3n) is 4.35. The van der Waals surface area contributed by atoms with Crippen molar-refractivity contribution in [2.24, 2.45) is 0 Å². The quantitative estimate of drug-likeness (QED) is 0.865. The Morgan fingerprint density at radius 1 is 1.00 bits per heavy atom. The van der Waals surface area contributed by atoms with Gasteiger partial charge in [0, 0.05) is 5.69 Å². The van der Waals surface area contributed by atoms with Gasteiger partial charge in [-0.25, -0.2) is 4.79 Å². The molecular formula is C18H18N2O6. The van der Waals surface area contributed by atoms with Gasteiger partial charge < -0.3 is 23.9 Å². The number of amides is 2. The number of hydrogen-bond acceptors (Lipinski definition) is 6. The van der Waals surface area contributed by atoms with Crippen LogP contribution in [0.25, 0.3) is 0 Å². The standard InChI is InChI=1S/C18H18N2O6/c21-17(13-7-4-8-23-13)20-12-9-24-16-14(10-25-15(12)16)26-18(22)19-11-5-2-1-3-6-11/h1-8,12,14-16H,9-10H2,(H,19,22)(H,20,21)/t12-,14-,15-,16+/m0/s1. The Labute approximate surface area is 149 Å². The lowest BCUT2D eigenvalue weighted by atomic mass is 10.1. The summed E-state index contributed by atoms with van der Waals surface area (Å²) in [6.45, 7) is 0.493. The summed E-state index contributed by atoms with van der Waals surface area (Å²) in [5.41, 5.74) is 0.642. The summed E-state index contributed by atoms with van der Waals surface area (Å²) in [5.74, 6) is -0.111. The van der Waals surface area contributed by atoms with E-state index < -0.39 is 18.3 Å². The molecule has 2 aliphatic rings. The van der Waals surface area contributed by atoms with Crippen molar-refractivity contribution in [1.29, 1.82) is 0 Å². The van der Waals surface area contributed by atoms with E-state index in [0.29, 0.717) is 5.69 Å². The maximum atomic E-state index is 12.1. The number of fused-ring (bicyclic) bond motifs is 1. The average molecular weight is 358 g/mol. The largest absolute Gasteiger partial charge is 0.459 e. The van der Waals surface area contributed by atoms with Crippen molar-refractivity contribution in [1.82, 2.24) is 5.32 Å². The Morgan fingerprint density at radius 3 is 2.58 bits per heavy atom. The van der Waals surface area contributed by atoms with E-state index >= 15 is 0 Å². The van der Waals surface area contributed by atoms with Crippen LogP contribution in [0.4, 0.5) is 10.5 Å². The molecule has 4 atom stereocenters. The molecule has 0 bridgehead atoms. The second-order valence-electron chi connectivity index (χ2n) is 6.09. The van der Waals surface area contributed by atoms with Crippen molar-refractivity contribution in [3.63, 3.8) is 0 Å². The van der Waals surface area contributed by atoms with E-state index in [9.17, 15) is 9.59 Å². The van der Waals surface area contributed by atoms with Crippen LogP contribution in [-0.2, 0) is 14.2 Å². The van der Waals surface area contributed by atoms with Crippen LogP contribution in [0.5, 0.6) is 0 Å². The predicted octanol–water partition coefficient (Wildman–Crippen LogP) is 1.79. The fourth-order valence-electron chi connectivity index (χ4n) is 3.14. The summed E-state index contributed by atoms with van der Waals surface area (Å²) in [4.78, 5) is 24.1. The number of para-hydroxylation sites is 1. The van der Waals surface area contributed by atoms with Crippen LogP contribution in [-0.4, -0.2) is 49.6 Å². The first kappa shape index (κ1) is 16.6. The predicted molar refractivity (Wildman–Crippen MR) is 89.8 cm³/mol. The van der Waals surface area contributed by atoms with Gasteiger partial charge in [0.15, 0.2) is 11.9 Å². The number of carbonyl (C=O) groups is 2. The van der Waals surface area contributed by atoms with Gasteiger partial charge in [0.25, 0.3) is 5.91 Å². The number of nitrogens with one attached hydrogen (secondary N) is 2. The maximum absolute atomic E-state index is 12.1. The molecule has 8 heteroatoms. The minimum absolute atomic E-state index is 0.213. The lowest BCUT2D eigenvalue weighted by molar-refractivity contribution is 0.00860. The van der Waals surface area contributed by atoms with E-state index in [2.05, 4.69) is 10.6 Å². The van der Waals surface area contributed by atoms with Crippen molar-refractivity contribution in [3.8, 4) is 0 Å². The molecule has 0 unspecified atom stereocenters. The topological polar surface area (TPSA) is 99.0 Å². The summed E-state index contributed by atoms with van der Waals surface area (Å²) >= 11 is 0. The van der Waals surface area contributed by atoms with Gasteiger partial charge in [0.1, 0.15) is 12.2 Å². The van der Waals surface area contributed by atoms with Crippen molar-refractivity contribution in [2.45, 2.75) is 24.4 Å². The van der Waals surface area contributed by atoms with Crippen molar-refractivity contribution in [3.05, 3.63) is 54.5 Å². The second-order valence-corrected chi connectivity index (χ2v) is 6.09. The number of furan rings is 1. The molecule has 8 nitrogen and oxygen atoms in total. The van der Waals surface area contributed by atoms with Gasteiger partial charge in [-0.15, -0.1) is 0 Å². The number of carbonyl (C=O) groups excluding carboxylic acids is 2. The van der Waals surface area contributed by atoms with Gasteiger partial charge in [-0.05, 0) is 24.3 Å². The molecule has 2 saturated heterocycles. The van der Waals surface area contributed by atoms with E-state index in [4.69, 9.17) is 18.6 Å². The van der Waals surface area contributed by atoms with Gasteiger partial charge in [0.05, 0.1) is 25.5 Å². The molecule has 0 radical (unpaired) electrons. The molecule has 1 aromatic heterocycles. The molecule has 0 saturated carbocycles. The zero-order valence-corrected chi connectivity index (χ0v) is 13.8. The van der Waals surface area contributed by atoms with Crippen LogP contribution in [0.1, 0.15) is 10.6 Å². The molecule has 26 heavy (non-hydrogen) atoms. The number of anilines is 1.